The Balaban J connectivity index is 1.78. The molecule has 0 bridgehead atoms. The van der Waals surface area contributed by atoms with Crippen LogP contribution in [0, 0.1) is 0 Å². The number of urea groups is 1. The van der Waals surface area contributed by atoms with Crippen molar-refractivity contribution in [3.8, 4) is 0 Å². The smallest absolute Gasteiger partial charge is 0.357 e. The Kier molecular flexibility index (Phi) is 6.56. The number of likely N-dealkylation sites (N-methyl/N-ethyl adjacent to an activating group) is 2. The van der Waals surface area contributed by atoms with Crippen molar-refractivity contribution < 1.29 is 27.6 Å². The highest BCUT2D eigenvalue weighted by Gasteiger charge is 2.48. The monoisotopic (exact) mass is 486 g/mol. The first-order valence-corrected chi connectivity index (χ1v) is 11.2. The molecule has 7 nitrogen and oxygen atoms in total. The van der Waals surface area contributed by atoms with Crippen molar-refractivity contribution in [3.05, 3.63) is 82.6 Å². The molecule has 35 heavy (non-hydrogen) atoms. The lowest BCUT2D eigenvalue weighted by Gasteiger charge is -2.33. The van der Waals surface area contributed by atoms with Crippen LogP contribution in [0.4, 0.5) is 18.0 Å². The van der Waals surface area contributed by atoms with Crippen molar-refractivity contribution in [2.24, 2.45) is 0 Å². The van der Waals surface area contributed by atoms with Crippen molar-refractivity contribution >= 4 is 17.8 Å². The standard InChI is InChI=1S/C25H25F3N4O3/c1-3-31-19-14-32(18(22(33)29-2)13-15-9-5-4-6-10-15)23(34)20(19)21(30-24(31)35)16-11-7-8-12-17(16)25(26,27)28/h4-12,18,21H,3,13-14H2,1-2H3,(H,29,33)(H,30,35). The molecule has 0 spiro atoms. The first-order valence-electron chi connectivity index (χ1n) is 11.2. The third kappa shape index (κ3) is 4.48. The van der Waals surface area contributed by atoms with Crippen LogP contribution in [0.25, 0.3) is 0 Å². The number of rotatable bonds is 6. The van der Waals surface area contributed by atoms with Crippen molar-refractivity contribution in [3.63, 3.8) is 0 Å². The van der Waals surface area contributed by atoms with Gasteiger partial charge in [0.05, 0.1) is 29.4 Å². The van der Waals surface area contributed by atoms with Gasteiger partial charge in [-0.3, -0.25) is 14.5 Å². The maximum atomic E-state index is 13.8. The number of halogens is 3. The van der Waals surface area contributed by atoms with E-state index in [0.717, 1.165) is 11.6 Å². The van der Waals surface area contributed by atoms with Crippen molar-refractivity contribution in [1.82, 2.24) is 20.4 Å². The first kappa shape index (κ1) is 24.3. The summed E-state index contributed by atoms with van der Waals surface area (Å²) in [7, 11) is 1.46. The first-order chi connectivity index (χ1) is 16.7. The van der Waals surface area contributed by atoms with Crippen LogP contribution in [0.2, 0.25) is 0 Å². The highest BCUT2D eigenvalue weighted by atomic mass is 19.4. The predicted molar refractivity (Wildman–Crippen MR) is 122 cm³/mol. The molecular formula is C25H25F3N4O3. The lowest BCUT2D eigenvalue weighted by molar-refractivity contribution is -0.138. The Labute approximate surface area is 200 Å². The van der Waals surface area contributed by atoms with E-state index in [-0.39, 0.29) is 30.6 Å². The van der Waals surface area contributed by atoms with Gasteiger partial charge < -0.3 is 15.5 Å². The molecule has 2 atom stereocenters. The van der Waals surface area contributed by atoms with Crippen LogP contribution in [0.3, 0.4) is 0 Å². The molecule has 2 aliphatic rings. The van der Waals surface area contributed by atoms with E-state index in [1.807, 2.05) is 30.3 Å². The normalized spacial score (nSPS) is 18.9. The molecule has 0 aromatic heterocycles. The van der Waals surface area contributed by atoms with Crippen LogP contribution in [0.15, 0.2) is 65.9 Å². The van der Waals surface area contributed by atoms with E-state index in [1.54, 1.807) is 6.92 Å². The van der Waals surface area contributed by atoms with Gasteiger partial charge in [0.25, 0.3) is 5.91 Å². The third-order valence-corrected chi connectivity index (χ3v) is 6.34. The summed E-state index contributed by atoms with van der Waals surface area (Å²) in [4.78, 5) is 42.1. The maximum Gasteiger partial charge on any atom is 0.416 e. The van der Waals surface area contributed by atoms with E-state index in [4.69, 9.17) is 0 Å². The zero-order chi connectivity index (χ0) is 25.3. The number of alkyl halides is 3. The number of amides is 4. The lowest BCUT2D eigenvalue weighted by Crippen LogP contribution is -2.49. The summed E-state index contributed by atoms with van der Waals surface area (Å²) in [6.07, 6.45) is -4.46. The molecule has 2 aliphatic heterocycles. The lowest BCUT2D eigenvalue weighted by atomic mass is 9.91. The zero-order valence-corrected chi connectivity index (χ0v) is 19.2. The second kappa shape index (κ2) is 9.44. The van der Waals surface area contributed by atoms with Gasteiger partial charge in [-0.25, -0.2) is 4.79 Å². The van der Waals surface area contributed by atoms with Gasteiger partial charge in [-0.15, -0.1) is 0 Å². The summed E-state index contributed by atoms with van der Waals surface area (Å²) in [6.45, 7) is 1.86. The highest BCUT2D eigenvalue weighted by molar-refractivity contribution is 6.03. The number of hydrogen-bond acceptors (Lipinski definition) is 3. The average Bonchev–Trinajstić information content (AvgIpc) is 3.18. The molecule has 2 unspecified atom stereocenters. The Bertz CT molecular complexity index is 1180. The second-order valence-electron chi connectivity index (χ2n) is 8.32. The van der Waals surface area contributed by atoms with Gasteiger partial charge in [-0.2, -0.15) is 13.2 Å². The van der Waals surface area contributed by atoms with E-state index in [1.165, 1.54) is 35.0 Å². The van der Waals surface area contributed by atoms with E-state index < -0.39 is 41.7 Å². The van der Waals surface area contributed by atoms with Gasteiger partial charge in [0, 0.05) is 20.0 Å². The predicted octanol–water partition coefficient (Wildman–Crippen LogP) is 3.25. The quantitative estimate of drug-likeness (QED) is 0.658. The molecular weight excluding hydrogens is 461 g/mol. The molecule has 184 valence electrons. The molecule has 2 aromatic carbocycles. The van der Waals surface area contributed by atoms with E-state index >= 15 is 0 Å². The molecule has 0 saturated heterocycles. The highest BCUT2D eigenvalue weighted by Crippen LogP contribution is 2.42. The number of hydrogen-bond donors (Lipinski definition) is 2. The van der Waals surface area contributed by atoms with Crippen LogP contribution in [-0.4, -0.2) is 53.8 Å². The SMILES string of the molecule is CCN1C(=O)NC(c2ccccc2C(F)(F)F)C2=C1CN(C(Cc1ccccc1)C(=O)NC)C2=O. The molecule has 10 heteroatoms. The molecule has 4 rings (SSSR count). The number of carbonyl (C=O) groups excluding carboxylic acids is 3. The topological polar surface area (TPSA) is 81.8 Å². The fraction of sp³-hybridized carbons (Fsp3) is 0.320. The number of carbonyl (C=O) groups is 3. The van der Waals surface area contributed by atoms with Crippen LogP contribution < -0.4 is 10.6 Å². The minimum Gasteiger partial charge on any atom is -0.357 e. The van der Waals surface area contributed by atoms with E-state index in [9.17, 15) is 27.6 Å². The van der Waals surface area contributed by atoms with Crippen molar-refractivity contribution in [1.29, 1.82) is 0 Å². The average molecular weight is 486 g/mol. The summed E-state index contributed by atoms with van der Waals surface area (Å²) >= 11 is 0. The van der Waals surface area contributed by atoms with Crippen molar-refractivity contribution in [2.45, 2.75) is 31.6 Å². The third-order valence-electron chi connectivity index (χ3n) is 6.34. The molecule has 0 aliphatic carbocycles. The second-order valence-corrected chi connectivity index (χ2v) is 8.32. The molecule has 4 amide bonds. The molecule has 2 N–H and O–H groups in total. The van der Waals surface area contributed by atoms with Gasteiger partial charge in [-0.05, 0) is 24.1 Å². The largest absolute Gasteiger partial charge is 0.416 e. The minimum absolute atomic E-state index is 0.0464. The summed E-state index contributed by atoms with van der Waals surface area (Å²) in [6, 6.07) is 11.2. The maximum absolute atomic E-state index is 13.8. The molecule has 2 aromatic rings. The van der Waals surface area contributed by atoms with Gasteiger partial charge in [0.15, 0.2) is 0 Å². The molecule has 0 radical (unpaired) electrons. The van der Waals surface area contributed by atoms with Crippen LogP contribution in [-0.2, 0) is 22.2 Å². The Morgan fingerprint density at radius 3 is 2.40 bits per heavy atom. The molecule has 2 heterocycles. The van der Waals surface area contributed by atoms with Crippen LogP contribution >= 0.6 is 0 Å². The fourth-order valence-electron chi connectivity index (χ4n) is 4.69. The van der Waals surface area contributed by atoms with Gasteiger partial charge in [-0.1, -0.05) is 48.5 Å². The van der Waals surface area contributed by atoms with Gasteiger partial charge >= 0.3 is 12.2 Å². The molecule has 0 saturated carbocycles. The molecule has 0 fully saturated rings. The van der Waals surface area contributed by atoms with Crippen LogP contribution in [0.1, 0.15) is 29.7 Å². The Hall–Kier alpha value is -3.82. The van der Waals surface area contributed by atoms with Gasteiger partial charge in [0.2, 0.25) is 5.91 Å². The summed E-state index contributed by atoms with van der Waals surface area (Å²) < 4.78 is 41.4. The number of nitrogens with zero attached hydrogens (tertiary/aromatic N) is 2. The van der Waals surface area contributed by atoms with E-state index in [0.29, 0.717) is 5.70 Å². The van der Waals surface area contributed by atoms with Gasteiger partial charge in [0.1, 0.15) is 6.04 Å². The van der Waals surface area contributed by atoms with Crippen molar-refractivity contribution in [2.75, 3.05) is 20.1 Å². The Morgan fingerprint density at radius 2 is 1.77 bits per heavy atom. The summed E-state index contributed by atoms with van der Waals surface area (Å²) in [5.74, 6) is -0.985. The number of nitrogens with one attached hydrogen (secondary N) is 2. The minimum atomic E-state index is -4.68. The summed E-state index contributed by atoms with van der Waals surface area (Å²) in [5, 5.41) is 5.16. The summed E-state index contributed by atoms with van der Waals surface area (Å²) in [5.41, 5.74) is 0.0291. The zero-order valence-electron chi connectivity index (χ0n) is 19.2. The van der Waals surface area contributed by atoms with Crippen LogP contribution in [0.5, 0.6) is 0 Å². The fourth-order valence-corrected chi connectivity index (χ4v) is 4.69. The Morgan fingerprint density at radius 1 is 1.11 bits per heavy atom. The number of benzene rings is 2. The van der Waals surface area contributed by atoms with E-state index in [2.05, 4.69) is 10.6 Å².